The van der Waals surface area contributed by atoms with Crippen LogP contribution >= 0.6 is 0 Å². The van der Waals surface area contributed by atoms with Crippen LogP contribution < -0.4 is 4.90 Å². The molecule has 2 atom stereocenters. The largest absolute Gasteiger partial charge is 0.451 e. The minimum absolute atomic E-state index is 0.102. The molecular weight excluding hydrogens is 396 g/mol. The Hall–Kier alpha value is -2.74. The van der Waals surface area contributed by atoms with Crippen molar-refractivity contribution in [3.63, 3.8) is 0 Å². The van der Waals surface area contributed by atoms with Crippen LogP contribution in [-0.2, 0) is 12.7 Å². The van der Waals surface area contributed by atoms with E-state index in [-0.39, 0.29) is 11.9 Å². The molecule has 2 saturated heterocycles. The Morgan fingerprint density at radius 3 is 2.50 bits per heavy atom. The molecule has 0 amide bonds. The van der Waals surface area contributed by atoms with Crippen LogP contribution in [0.5, 0.6) is 0 Å². The summed E-state index contributed by atoms with van der Waals surface area (Å²) in [6, 6.07) is 13.4. The molecule has 0 saturated carbocycles. The van der Waals surface area contributed by atoms with Crippen molar-refractivity contribution < 1.29 is 17.6 Å². The van der Waals surface area contributed by atoms with Gasteiger partial charge in [-0.15, -0.1) is 0 Å². The summed E-state index contributed by atoms with van der Waals surface area (Å²) in [5.41, 5.74) is 1.33. The maximum absolute atomic E-state index is 13.4. The maximum atomic E-state index is 13.4. The Balaban J connectivity index is 1.44. The molecule has 2 aliphatic heterocycles. The monoisotopic (exact) mass is 416 g/mol. The summed E-state index contributed by atoms with van der Waals surface area (Å²) in [6.07, 6.45) is -3.69. The number of nitrogens with zero attached hydrogens (tertiary/aromatic N) is 4. The van der Waals surface area contributed by atoms with Crippen molar-refractivity contribution in [3.8, 4) is 0 Å². The number of rotatable bonds is 3. The minimum atomic E-state index is -4.60. The quantitative estimate of drug-likeness (QED) is 0.589. The Morgan fingerprint density at radius 2 is 1.73 bits per heavy atom. The Kier molecular flexibility index (Phi) is 4.61. The fraction of sp³-hybridized carbons (Fsp3) is 0.364. The van der Waals surface area contributed by atoms with E-state index >= 15 is 0 Å². The highest BCUT2D eigenvalue weighted by molar-refractivity contribution is 5.89. The second-order valence-corrected chi connectivity index (χ2v) is 8.02. The van der Waals surface area contributed by atoms with Gasteiger partial charge in [-0.3, -0.25) is 4.90 Å². The summed E-state index contributed by atoms with van der Waals surface area (Å²) < 4.78 is 53.4. The number of hydrogen-bond acceptors (Lipinski definition) is 4. The molecule has 0 radical (unpaired) electrons. The molecule has 0 N–H and O–H groups in total. The predicted octanol–water partition coefficient (Wildman–Crippen LogP) is 4.50. The van der Waals surface area contributed by atoms with Gasteiger partial charge in [0.2, 0.25) is 5.82 Å². The van der Waals surface area contributed by atoms with Crippen molar-refractivity contribution in [1.82, 2.24) is 14.9 Å². The SMILES string of the molecule is Fc1ccc(CN2CC3CCN(c4nc(C(F)(F)F)nc5ccccc45)C3C2)cc1. The topological polar surface area (TPSA) is 32.3 Å². The lowest BCUT2D eigenvalue weighted by Crippen LogP contribution is -2.36. The summed E-state index contributed by atoms with van der Waals surface area (Å²) >= 11 is 0. The van der Waals surface area contributed by atoms with Gasteiger partial charge in [-0.25, -0.2) is 14.4 Å². The van der Waals surface area contributed by atoms with Crippen LogP contribution in [0.1, 0.15) is 17.8 Å². The van der Waals surface area contributed by atoms with Crippen LogP contribution in [0.25, 0.3) is 10.9 Å². The van der Waals surface area contributed by atoms with Gasteiger partial charge in [-0.1, -0.05) is 24.3 Å². The zero-order chi connectivity index (χ0) is 20.9. The van der Waals surface area contributed by atoms with E-state index in [9.17, 15) is 17.6 Å². The first-order valence-corrected chi connectivity index (χ1v) is 9.96. The molecule has 1 aromatic heterocycles. The highest BCUT2D eigenvalue weighted by atomic mass is 19.4. The Labute approximate surface area is 171 Å². The number of anilines is 1. The van der Waals surface area contributed by atoms with Crippen molar-refractivity contribution in [1.29, 1.82) is 0 Å². The third kappa shape index (κ3) is 3.49. The summed E-state index contributed by atoms with van der Waals surface area (Å²) in [6.45, 7) is 2.98. The van der Waals surface area contributed by atoms with E-state index in [4.69, 9.17) is 0 Å². The number of halogens is 4. The molecule has 4 nitrogen and oxygen atoms in total. The van der Waals surface area contributed by atoms with Gasteiger partial charge in [-0.05, 0) is 42.2 Å². The molecule has 30 heavy (non-hydrogen) atoms. The second-order valence-electron chi connectivity index (χ2n) is 8.02. The summed E-state index contributed by atoms with van der Waals surface area (Å²) in [5, 5.41) is 0.642. The molecule has 5 rings (SSSR count). The number of hydrogen-bond donors (Lipinski definition) is 0. The third-order valence-corrected chi connectivity index (χ3v) is 6.05. The summed E-state index contributed by atoms with van der Waals surface area (Å²) in [7, 11) is 0. The van der Waals surface area contributed by atoms with Gasteiger partial charge in [0.05, 0.1) is 5.52 Å². The van der Waals surface area contributed by atoms with Crippen molar-refractivity contribution in [3.05, 3.63) is 65.7 Å². The number of alkyl halides is 3. The molecule has 156 valence electrons. The molecule has 3 heterocycles. The summed E-state index contributed by atoms with van der Waals surface area (Å²) in [4.78, 5) is 12.0. The van der Waals surface area contributed by atoms with Crippen LogP contribution in [0.15, 0.2) is 48.5 Å². The number of fused-ring (bicyclic) bond motifs is 2. The predicted molar refractivity (Wildman–Crippen MR) is 105 cm³/mol. The lowest BCUT2D eigenvalue weighted by molar-refractivity contribution is -0.144. The first-order valence-electron chi connectivity index (χ1n) is 9.96. The summed E-state index contributed by atoms with van der Waals surface area (Å²) in [5.74, 6) is -0.627. The van der Waals surface area contributed by atoms with Crippen LogP contribution in [0, 0.1) is 11.7 Å². The van der Waals surface area contributed by atoms with Crippen LogP contribution in [0.4, 0.5) is 23.4 Å². The lowest BCUT2D eigenvalue weighted by Gasteiger charge is -2.27. The molecule has 8 heteroatoms. The molecule has 0 spiro atoms. The van der Waals surface area contributed by atoms with Gasteiger partial charge in [0.25, 0.3) is 0 Å². The maximum Gasteiger partial charge on any atom is 0.451 e. The molecule has 2 aliphatic rings. The number of para-hydroxylation sites is 1. The molecule has 2 unspecified atom stereocenters. The average Bonchev–Trinajstić information content (AvgIpc) is 3.28. The third-order valence-electron chi connectivity index (χ3n) is 6.05. The van der Waals surface area contributed by atoms with Gasteiger partial charge < -0.3 is 4.90 Å². The smallest absolute Gasteiger partial charge is 0.351 e. The zero-order valence-electron chi connectivity index (χ0n) is 16.1. The van der Waals surface area contributed by atoms with Gasteiger partial charge in [0, 0.05) is 37.6 Å². The van der Waals surface area contributed by atoms with Crippen molar-refractivity contribution in [2.45, 2.75) is 25.2 Å². The van der Waals surface area contributed by atoms with E-state index < -0.39 is 12.0 Å². The van der Waals surface area contributed by atoms with Gasteiger partial charge in [0.15, 0.2) is 0 Å². The zero-order valence-corrected chi connectivity index (χ0v) is 16.1. The van der Waals surface area contributed by atoms with E-state index in [0.717, 1.165) is 25.1 Å². The van der Waals surface area contributed by atoms with Gasteiger partial charge in [-0.2, -0.15) is 13.2 Å². The van der Waals surface area contributed by atoms with Crippen molar-refractivity contribution in [2.75, 3.05) is 24.5 Å². The molecule has 3 aromatic rings. The number of aromatic nitrogens is 2. The van der Waals surface area contributed by atoms with E-state index in [2.05, 4.69) is 14.9 Å². The Morgan fingerprint density at radius 1 is 0.967 bits per heavy atom. The van der Waals surface area contributed by atoms with E-state index in [1.807, 2.05) is 4.90 Å². The molecule has 0 aliphatic carbocycles. The highest BCUT2D eigenvalue weighted by Crippen LogP contribution is 2.39. The van der Waals surface area contributed by atoms with E-state index in [1.54, 1.807) is 36.4 Å². The number of likely N-dealkylation sites (tertiary alicyclic amines) is 1. The highest BCUT2D eigenvalue weighted by Gasteiger charge is 2.43. The van der Waals surface area contributed by atoms with E-state index in [0.29, 0.717) is 35.7 Å². The minimum Gasteiger partial charge on any atom is -0.351 e. The standard InChI is InChI=1S/C22H20F4N4/c23-16-7-5-14(6-8-16)11-29-12-15-9-10-30(19(15)13-29)20-17-3-1-2-4-18(17)27-21(28-20)22(24,25)26/h1-8,15,19H,9-13H2. The fourth-order valence-electron chi connectivity index (χ4n) is 4.69. The van der Waals surface area contributed by atoms with Crippen LogP contribution in [0.2, 0.25) is 0 Å². The van der Waals surface area contributed by atoms with E-state index in [1.165, 1.54) is 12.1 Å². The van der Waals surface area contributed by atoms with Crippen LogP contribution in [-0.4, -0.2) is 40.5 Å². The van der Waals surface area contributed by atoms with Crippen molar-refractivity contribution in [2.24, 2.45) is 5.92 Å². The lowest BCUT2D eigenvalue weighted by atomic mass is 10.1. The first kappa shape index (κ1) is 19.2. The van der Waals surface area contributed by atoms with Crippen LogP contribution in [0.3, 0.4) is 0 Å². The fourth-order valence-corrected chi connectivity index (χ4v) is 4.69. The normalized spacial score (nSPS) is 22.1. The molecule has 0 bridgehead atoms. The van der Waals surface area contributed by atoms with Gasteiger partial charge >= 0.3 is 6.18 Å². The second kappa shape index (κ2) is 7.19. The van der Waals surface area contributed by atoms with Crippen molar-refractivity contribution >= 4 is 16.7 Å². The first-order chi connectivity index (χ1) is 14.4. The van der Waals surface area contributed by atoms with Gasteiger partial charge in [0.1, 0.15) is 11.6 Å². The molecule has 2 aromatic carbocycles. The molecular formula is C22H20F4N4. The number of benzene rings is 2. The Bertz CT molecular complexity index is 1070. The molecule has 2 fully saturated rings. The average molecular weight is 416 g/mol.